The van der Waals surface area contributed by atoms with E-state index in [9.17, 15) is 5.11 Å². The third kappa shape index (κ3) is 1.35. The van der Waals surface area contributed by atoms with Crippen LogP contribution in [0.15, 0.2) is 48.5 Å². The van der Waals surface area contributed by atoms with Crippen LogP contribution in [-0.2, 0) is 5.60 Å². The van der Waals surface area contributed by atoms with Gasteiger partial charge in [0.2, 0.25) is 0 Å². The van der Waals surface area contributed by atoms with Gasteiger partial charge >= 0.3 is 101 Å². The van der Waals surface area contributed by atoms with Gasteiger partial charge in [0.05, 0.1) is 0 Å². The number of aliphatic hydroxyl groups is 1. The molecule has 1 aliphatic heterocycles. The predicted molar refractivity (Wildman–Crippen MR) is 66.6 cm³/mol. The van der Waals surface area contributed by atoms with Crippen molar-refractivity contribution in [2.75, 3.05) is 0 Å². The third-order valence-corrected chi connectivity index (χ3v) is 5.46. The van der Waals surface area contributed by atoms with Crippen molar-refractivity contribution in [3.8, 4) is 0 Å². The number of fused-ring (bicyclic) bond motifs is 2. The second-order valence-electron chi connectivity index (χ2n) is 4.17. The summed E-state index contributed by atoms with van der Waals surface area (Å²) in [5.74, 6) is 0. The second kappa shape index (κ2) is 3.46. The molecular weight excluding hydrogens is 263 g/mol. The van der Waals surface area contributed by atoms with Crippen molar-refractivity contribution < 1.29 is 5.11 Å². The van der Waals surface area contributed by atoms with E-state index in [0.717, 1.165) is 11.1 Å². The molecule has 2 aromatic rings. The van der Waals surface area contributed by atoms with Crippen molar-refractivity contribution >= 4 is 23.9 Å². The summed E-state index contributed by atoms with van der Waals surface area (Å²) in [6, 6.07) is 16.4. The van der Waals surface area contributed by atoms with Gasteiger partial charge < -0.3 is 0 Å². The Hall–Kier alpha value is -1.08. The Labute approximate surface area is 101 Å². The van der Waals surface area contributed by atoms with Crippen LogP contribution in [0.2, 0.25) is 0 Å². The molecule has 0 saturated carbocycles. The molecule has 1 heterocycles. The monoisotopic (exact) mass is 276 g/mol. The van der Waals surface area contributed by atoms with Gasteiger partial charge in [-0.05, 0) is 0 Å². The van der Waals surface area contributed by atoms with Crippen molar-refractivity contribution in [1.29, 1.82) is 0 Å². The molecule has 0 radical (unpaired) electrons. The van der Waals surface area contributed by atoms with Gasteiger partial charge in [0.25, 0.3) is 0 Å². The van der Waals surface area contributed by atoms with Crippen molar-refractivity contribution in [3.63, 3.8) is 0 Å². The third-order valence-electron chi connectivity index (χ3n) is 3.04. The summed E-state index contributed by atoms with van der Waals surface area (Å²) in [6.07, 6.45) is 0. The SMILES string of the molecule is CC1(O)c2ccccc2[Se]c2ccccc21. The van der Waals surface area contributed by atoms with Gasteiger partial charge in [0.15, 0.2) is 0 Å². The number of rotatable bonds is 0. The maximum absolute atomic E-state index is 10.7. The van der Waals surface area contributed by atoms with E-state index in [0.29, 0.717) is 15.0 Å². The Bertz CT molecular complexity index is 498. The zero-order chi connectivity index (χ0) is 11.2. The summed E-state index contributed by atoms with van der Waals surface area (Å²) in [6.45, 7) is 1.89. The quantitative estimate of drug-likeness (QED) is 0.709. The van der Waals surface area contributed by atoms with E-state index in [2.05, 4.69) is 12.1 Å². The fraction of sp³-hybridized carbons (Fsp3) is 0.143. The minimum atomic E-state index is -0.840. The Morgan fingerprint density at radius 1 is 0.875 bits per heavy atom. The Morgan fingerprint density at radius 2 is 1.31 bits per heavy atom. The molecular formula is C14H12OSe. The molecule has 1 nitrogen and oxygen atoms in total. The first-order valence-electron chi connectivity index (χ1n) is 5.29. The van der Waals surface area contributed by atoms with Gasteiger partial charge in [0, 0.05) is 0 Å². The Kier molecular flexibility index (Phi) is 2.18. The van der Waals surface area contributed by atoms with Crippen molar-refractivity contribution in [2.45, 2.75) is 12.5 Å². The molecule has 0 bridgehead atoms. The van der Waals surface area contributed by atoms with Crippen molar-refractivity contribution in [1.82, 2.24) is 0 Å². The Balaban J connectivity index is 2.28. The molecule has 0 unspecified atom stereocenters. The fourth-order valence-electron chi connectivity index (χ4n) is 2.18. The van der Waals surface area contributed by atoms with E-state index in [1.807, 2.05) is 43.3 Å². The van der Waals surface area contributed by atoms with Crippen LogP contribution in [0.5, 0.6) is 0 Å². The van der Waals surface area contributed by atoms with Crippen LogP contribution in [0.25, 0.3) is 0 Å². The first kappa shape index (κ1) is 10.1. The molecule has 0 fully saturated rings. The molecule has 1 aliphatic rings. The zero-order valence-corrected chi connectivity index (χ0v) is 10.7. The van der Waals surface area contributed by atoms with Crippen LogP contribution in [0.1, 0.15) is 18.1 Å². The molecule has 0 aromatic heterocycles. The van der Waals surface area contributed by atoms with Gasteiger partial charge in [-0.2, -0.15) is 0 Å². The van der Waals surface area contributed by atoms with Crippen LogP contribution in [-0.4, -0.2) is 20.1 Å². The summed E-state index contributed by atoms with van der Waals surface area (Å²) in [4.78, 5) is 0. The summed E-state index contributed by atoms with van der Waals surface area (Å²) in [5, 5.41) is 10.7. The molecule has 2 heteroatoms. The second-order valence-corrected chi connectivity index (χ2v) is 6.44. The number of hydrogen-bond donors (Lipinski definition) is 1. The van der Waals surface area contributed by atoms with Gasteiger partial charge in [-0.15, -0.1) is 0 Å². The van der Waals surface area contributed by atoms with Crippen molar-refractivity contribution in [2.24, 2.45) is 0 Å². The zero-order valence-electron chi connectivity index (χ0n) is 8.97. The van der Waals surface area contributed by atoms with Crippen LogP contribution in [0, 0.1) is 0 Å². The van der Waals surface area contributed by atoms with Crippen LogP contribution in [0.3, 0.4) is 0 Å². The van der Waals surface area contributed by atoms with E-state index in [4.69, 9.17) is 0 Å². The molecule has 3 rings (SSSR count). The standard InChI is InChI=1S/C14H12OSe/c1-14(15)10-6-2-4-8-12(10)16-13-9-5-3-7-11(13)14/h2-9,15H,1H3. The Morgan fingerprint density at radius 3 is 1.81 bits per heavy atom. The molecule has 0 saturated heterocycles. The number of hydrogen-bond acceptors (Lipinski definition) is 1. The van der Waals surface area contributed by atoms with Gasteiger partial charge in [-0.25, -0.2) is 0 Å². The molecule has 0 spiro atoms. The van der Waals surface area contributed by atoms with E-state index >= 15 is 0 Å². The fourth-order valence-corrected chi connectivity index (χ4v) is 4.87. The summed E-state index contributed by atoms with van der Waals surface area (Å²) in [5.41, 5.74) is 1.29. The normalized spacial score (nSPS) is 16.4. The first-order valence-corrected chi connectivity index (χ1v) is 7.00. The minimum absolute atomic E-state index is 0.315. The molecule has 16 heavy (non-hydrogen) atoms. The van der Waals surface area contributed by atoms with E-state index in [1.165, 1.54) is 8.92 Å². The van der Waals surface area contributed by atoms with E-state index in [1.54, 1.807) is 0 Å². The van der Waals surface area contributed by atoms with Crippen LogP contribution >= 0.6 is 0 Å². The van der Waals surface area contributed by atoms with Crippen molar-refractivity contribution in [3.05, 3.63) is 59.7 Å². The maximum atomic E-state index is 10.7. The summed E-state index contributed by atoms with van der Waals surface area (Å²) >= 11 is 0.315. The molecule has 1 N–H and O–H groups in total. The van der Waals surface area contributed by atoms with Gasteiger partial charge in [-0.3, -0.25) is 0 Å². The predicted octanol–water partition coefficient (Wildman–Crippen LogP) is 0.911. The topological polar surface area (TPSA) is 20.2 Å². The first-order chi connectivity index (χ1) is 7.69. The number of benzene rings is 2. The van der Waals surface area contributed by atoms with Gasteiger partial charge in [-0.1, -0.05) is 0 Å². The molecule has 80 valence electrons. The average molecular weight is 275 g/mol. The van der Waals surface area contributed by atoms with Crippen LogP contribution in [0.4, 0.5) is 0 Å². The summed E-state index contributed by atoms with van der Waals surface area (Å²) in [7, 11) is 0. The molecule has 0 aliphatic carbocycles. The molecule has 0 amide bonds. The van der Waals surface area contributed by atoms with Gasteiger partial charge in [0.1, 0.15) is 0 Å². The molecule has 0 atom stereocenters. The van der Waals surface area contributed by atoms with E-state index in [-0.39, 0.29) is 0 Å². The molecule has 2 aromatic carbocycles. The van der Waals surface area contributed by atoms with E-state index < -0.39 is 5.60 Å². The van der Waals surface area contributed by atoms with Crippen LogP contribution < -0.4 is 8.92 Å². The average Bonchev–Trinajstić information content (AvgIpc) is 2.29. The summed E-state index contributed by atoms with van der Waals surface area (Å²) < 4.78 is 2.58.